The third kappa shape index (κ3) is 4.89. The molecule has 2 atom stereocenters. The van der Waals surface area contributed by atoms with Gasteiger partial charge in [0.2, 0.25) is 5.91 Å². The van der Waals surface area contributed by atoms with Crippen LogP contribution in [0.5, 0.6) is 0 Å². The number of ether oxygens (including phenoxy) is 1. The summed E-state index contributed by atoms with van der Waals surface area (Å²) in [7, 11) is 0. The lowest BCUT2D eigenvalue weighted by Gasteiger charge is -2.35. The van der Waals surface area contributed by atoms with Crippen molar-refractivity contribution in [3.63, 3.8) is 0 Å². The molecule has 0 aromatic carbocycles. The first-order valence-corrected chi connectivity index (χ1v) is 9.33. The minimum Gasteiger partial charge on any atom is -0.367 e. The van der Waals surface area contributed by atoms with Crippen LogP contribution in [0.4, 0.5) is 0 Å². The summed E-state index contributed by atoms with van der Waals surface area (Å²) in [5.74, 6) is 1.53. The van der Waals surface area contributed by atoms with E-state index in [2.05, 4.69) is 31.5 Å². The Morgan fingerprint density at radius 1 is 1.52 bits per heavy atom. The van der Waals surface area contributed by atoms with Gasteiger partial charge in [-0.2, -0.15) is 5.10 Å². The molecule has 1 saturated heterocycles. The lowest BCUT2D eigenvalue weighted by Crippen LogP contribution is -2.50. The lowest BCUT2D eigenvalue weighted by atomic mass is 9.97. The van der Waals surface area contributed by atoms with Gasteiger partial charge < -0.3 is 10.1 Å². The lowest BCUT2D eigenvalue weighted by molar-refractivity contribution is -0.129. The van der Waals surface area contributed by atoms with E-state index in [1.807, 2.05) is 13.8 Å². The molecule has 0 radical (unpaired) electrons. The maximum Gasteiger partial charge on any atom is 0.237 e. The molecule has 1 aliphatic carbocycles. The van der Waals surface area contributed by atoms with Crippen LogP contribution in [-0.2, 0) is 9.53 Å². The molecule has 0 unspecified atom stereocenters. The van der Waals surface area contributed by atoms with Crippen LogP contribution in [0.1, 0.15) is 56.8 Å². The highest BCUT2D eigenvalue weighted by molar-refractivity contribution is 5.81. The van der Waals surface area contributed by atoms with E-state index in [1.54, 1.807) is 0 Å². The molecule has 1 fully saturated rings. The number of aromatic nitrogens is 3. The van der Waals surface area contributed by atoms with Gasteiger partial charge in [-0.15, -0.1) is 0 Å². The molecule has 3 rings (SSSR count). The van der Waals surface area contributed by atoms with Crippen molar-refractivity contribution in [1.29, 1.82) is 0 Å². The van der Waals surface area contributed by atoms with Gasteiger partial charge in [0.05, 0.1) is 12.6 Å². The summed E-state index contributed by atoms with van der Waals surface area (Å²) < 4.78 is 5.77. The fraction of sp³-hybridized carbons (Fsp3) is 0.722. The van der Waals surface area contributed by atoms with Gasteiger partial charge in [-0.3, -0.25) is 14.8 Å². The van der Waals surface area contributed by atoms with Crippen molar-refractivity contribution in [3.8, 4) is 0 Å². The van der Waals surface area contributed by atoms with Gasteiger partial charge in [0.25, 0.3) is 0 Å². The molecule has 7 nitrogen and oxygen atoms in total. The van der Waals surface area contributed by atoms with E-state index in [0.29, 0.717) is 19.0 Å². The predicted octanol–water partition coefficient (Wildman–Crippen LogP) is 1.88. The smallest absolute Gasteiger partial charge is 0.237 e. The van der Waals surface area contributed by atoms with Crippen molar-refractivity contribution in [1.82, 2.24) is 25.4 Å². The number of amides is 1. The van der Waals surface area contributed by atoms with Gasteiger partial charge in [0, 0.05) is 19.6 Å². The van der Waals surface area contributed by atoms with Crippen LogP contribution in [0.2, 0.25) is 0 Å². The molecular formula is C18H29N5O2. The number of hydrogen-bond acceptors (Lipinski definition) is 5. The summed E-state index contributed by atoms with van der Waals surface area (Å²) >= 11 is 0. The second-order valence-electron chi connectivity index (χ2n) is 6.96. The van der Waals surface area contributed by atoms with E-state index in [1.165, 1.54) is 31.3 Å². The summed E-state index contributed by atoms with van der Waals surface area (Å²) in [6.45, 7) is 6.53. The first-order chi connectivity index (χ1) is 12.1. The molecule has 2 N–H and O–H groups in total. The third-order valence-corrected chi connectivity index (χ3v) is 5.06. The van der Waals surface area contributed by atoms with Gasteiger partial charge in [-0.1, -0.05) is 11.6 Å². The Morgan fingerprint density at radius 2 is 2.40 bits per heavy atom. The van der Waals surface area contributed by atoms with Gasteiger partial charge >= 0.3 is 0 Å². The summed E-state index contributed by atoms with van der Waals surface area (Å²) in [6, 6.07) is -0.174. The number of aryl methyl sites for hydroxylation is 1. The van der Waals surface area contributed by atoms with Crippen molar-refractivity contribution in [2.75, 3.05) is 26.2 Å². The Morgan fingerprint density at radius 3 is 3.12 bits per heavy atom. The number of carbonyl (C=O) groups is 1. The van der Waals surface area contributed by atoms with Crippen LogP contribution in [0.15, 0.2) is 11.6 Å². The van der Waals surface area contributed by atoms with Gasteiger partial charge in [0.1, 0.15) is 11.9 Å². The van der Waals surface area contributed by atoms with Gasteiger partial charge in [-0.05, 0) is 46.0 Å². The number of nitrogens with one attached hydrogen (secondary N) is 2. The maximum absolute atomic E-state index is 12.5. The number of carbonyl (C=O) groups excluding carboxylic acids is 1. The number of morpholine rings is 1. The van der Waals surface area contributed by atoms with Gasteiger partial charge in [0.15, 0.2) is 5.82 Å². The monoisotopic (exact) mass is 347 g/mol. The van der Waals surface area contributed by atoms with Gasteiger partial charge in [-0.25, -0.2) is 4.98 Å². The molecule has 0 spiro atoms. The molecule has 1 amide bonds. The number of aromatic amines is 1. The number of rotatable bonds is 6. The standard InChI is InChI=1S/C18H29N5O2/c1-13(18(24)19-9-8-15-6-4-3-5-7-15)23-10-11-25-16(12-23)17-20-14(2)21-22-17/h6,13,16H,3-5,7-12H2,1-2H3,(H,19,24)(H,20,21,22)/t13-,16+/m0/s1. The zero-order valence-corrected chi connectivity index (χ0v) is 15.3. The summed E-state index contributed by atoms with van der Waals surface area (Å²) in [5.41, 5.74) is 1.49. The van der Waals surface area contributed by atoms with Crippen molar-refractivity contribution < 1.29 is 9.53 Å². The van der Waals surface area contributed by atoms with E-state index in [0.717, 1.165) is 25.3 Å². The Balaban J connectivity index is 1.46. The zero-order chi connectivity index (χ0) is 17.6. The zero-order valence-electron chi connectivity index (χ0n) is 15.3. The Kier molecular flexibility index (Phi) is 6.20. The molecule has 1 aromatic heterocycles. The van der Waals surface area contributed by atoms with E-state index < -0.39 is 0 Å². The molecule has 138 valence electrons. The second kappa shape index (κ2) is 8.58. The van der Waals surface area contributed by atoms with E-state index in [-0.39, 0.29) is 18.1 Å². The summed E-state index contributed by atoms with van der Waals surface area (Å²) in [5, 5.41) is 10.1. The fourth-order valence-corrected chi connectivity index (χ4v) is 3.47. The quantitative estimate of drug-likeness (QED) is 0.768. The predicted molar refractivity (Wildman–Crippen MR) is 95.0 cm³/mol. The van der Waals surface area contributed by atoms with Crippen LogP contribution < -0.4 is 5.32 Å². The number of nitrogens with zero attached hydrogens (tertiary/aromatic N) is 3. The molecule has 1 aliphatic heterocycles. The minimum absolute atomic E-state index is 0.0863. The Hall–Kier alpha value is -1.73. The van der Waals surface area contributed by atoms with Crippen LogP contribution in [0.25, 0.3) is 0 Å². The maximum atomic E-state index is 12.5. The van der Waals surface area contributed by atoms with Crippen molar-refractivity contribution in [2.45, 2.75) is 58.1 Å². The van der Waals surface area contributed by atoms with Crippen molar-refractivity contribution in [2.24, 2.45) is 0 Å². The molecule has 2 heterocycles. The first-order valence-electron chi connectivity index (χ1n) is 9.33. The number of H-pyrrole nitrogens is 1. The van der Waals surface area contributed by atoms with Crippen LogP contribution in [-0.4, -0.2) is 58.3 Å². The molecule has 0 saturated carbocycles. The van der Waals surface area contributed by atoms with Crippen LogP contribution in [0.3, 0.4) is 0 Å². The topological polar surface area (TPSA) is 83.1 Å². The highest BCUT2D eigenvalue weighted by atomic mass is 16.5. The van der Waals surface area contributed by atoms with E-state index >= 15 is 0 Å². The third-order valence-electron chi connectivity index (χ3n) is 5.06. The molecule has 2 aliphatic rings. The minimum atomic E-state index is -0.179. The highest BCUT2D eigenvalue weighted by Crippen LogP contribution is 2.21. The highest BCUT2D eigenvalue weighted by Gasteiger charge is 2.30. The second-order valence-corrected chi connectivity index (χ2v) is 6.96. The normalized spacial score (nSPS) is 23.1. The molecular weight excluding hydrogens is 318 g/mol. The fourth-order valence-electron chi connectivity index (χ4n) is 3.47. The number of hydrogen-bond donors (Lipinski definition) is 2. The average Bonchev–Trinajstić information content (AvgIpc) is 3.08. The molecule has 1 aromatic rings. The molecule has 25 heavy (non-hydrogen) atoms. The molecule has 7 heteroatoms. The summed E-state index contributed by atoms with van der Waals surface area (Å²) in [4.78, 5) is 19.0. The molecule has 0 bridgehead atoms. The Labute approximate surface area is 149 Å². The van der Waals surface area contributed by atoms with E-state index in [4.69, 9.17) is 4.74 Å². The van der Waals surface area contributed by atoms with Crippen LogP contribution >= 0.6 is 0 Å². The SMILES string of the molecule is Cc1nc([C@H]2CN([C@@H](C)C(=O)NCCC3=CCCCC3)CCO2)n[nH]1. The van der Waals surface area contributed by atoms with Crippen molar-refractivity contribution in [3.05, 3.63) is 23.3 Å². The summed E-state index contributed by atoms with van der Waals surface area (Å²) in [6.07, 6.45) is 8.09. The van der Waals surface area contributed by atoms with E-state index in [9.17, 15) is 4.79 Å². The largest absolute Gasteiger partial charge is 0.367 e. The average molecular weight is 347 g/mol. The Bertz CT molecular complexity index is 612. The van der Waals surface area contributed by atoms with Crippen molar-refractivity contribution >= 4 is 5.91 Å². The first kappa shape index (κ1) is 18.1. The van der Waals surface area contributed by atoms with Crippen LogP contribution in [0, 0.1) is 6.92 Å². The number of allylic oxidation sites excluding steroid dienone is 1.